The number of hydrogen-bond donors (Lipinski definition) is 1. The fraction of sp³-hybridized carbons (Fsp3) is 0.870. The van der Waals surface area contributed by atoms with E-state index < -0.39 is 0 Å². The summed E-state index contributed by atoms with van der Waals surface area (Å²) in [6, 6.07) is 0. The van der Waals surface area contributed by atoms with E-state index in [-0.39, 0.29) is 35.0 Å². The Morgan fingerprint density at radius 1 is 1.17 bits per heavy atom. The summed E-state index contributed by atoms with van der Waals surface area (Å²) in [6.45, 7) is 9.63. The molecule has 1 saturated heterocycles. The highest BCUT2D eigenvalue weighted by atomic mass is 32.2. The van der Waals surface area contributed by atoms with Gasteiger partial charge in [0.05, 0.1) is 5.92 Å². The molecule has 2 aliphatic rings. The van der Waals surface area contributed by atoms with Gasteiger partial charge in [0.2, 0.25) is 17.7 Å². The minimum Gasteiger partial charge on any atom is -0.356 e. The van der Waals surface area contributed by atoms with Gasteiger partial charge in [-0.2, -0.15) is 11.8 Å². The average molecular weight is 425 g/mol. The molecule has 0 spiro atoms. The molecule has 1 N–H and O–H groups in total. The molecule has 2 atom stereocenters. The van der Waals surface area contributed by atoms with E-state index in [1.807, 2.05) is 32.5 Å². The largest absolute Gasteiger partial charge is 0.356 e. The number of likely N-dealkylation sites (tertiary alicyclic amines) is 1. The average Bonchev–Trinajstić information content (AvgIpc) is 2.96. The quantitative estimate of drug-likeness (QED) is 0.444. The molecule has 0 aromatic heterocycles. The molecule has 6 heteroatoms. The Morgan fingerprint density at radius 2 is 1.83 bits per heavy atom. The molecule has 0 bridgehead atoms. The summed E-state index contributed by atoms with van der Waals surface area (Å²) >= 11 is 1.89. The van der Waals surface area contributed by atoms with E-state index in [1.54, 1.807) is 0 Å². The van der Waals surface area contributed by atoms with Gasteiger partial charge < -0.3 is 5.32 Å². The molecule has 2 fully saturated rings. The van der Waals surface area contributed by atoms with Gasteiger partial charge >= 0.3 is 0 Å². The summed E-state index contributed by atoms with van der Waals surface area (Å²) in [7, 11) is 0. The minimum atomic E-state index is -0.198. The van der Waals surface area contributed by atoms with Crippen molar-refractivity contribution in [3.63, 3.8) is 0 Å². The van der Waals surface area contributed by atoms with Crippen LogP contribution >= 0.6 is 11.8 Å². The lowest BCUT2D eigenvalue weighted by Crippen LogP contribution is -2.39. The van der Waals surface area contributed by atoms with Crippen LogP contribution in [0.3, 0.4) is 0 Å². The summed E-state index contributed by atoms with van der Waals surface area (Å²) in [6.07, 6.45) is 9.44. The number of nitrogens with zero attached hydrogens (tertiary/aromatic N) is 1. The summed E-state index contributed by atoms with van der Waals surface area (Å²) in [5, 5.41) is 3.79. The number of unbranched alkanes of at least 4 members (excludes halogenated alkanes) is 1. The lowest BCUT2D eigenvalue weighted by molar-refractivity contribution is -0.141. The molecule has 1 heterocycles. The number of carbonyl (C=O) groups excluding carboxylic acids is 3. The molecule has 2 rings (SSSR count). The molecular weight excluding hydrogens is 384 g/mol. The van der Waals surface area contributed by atoms with Crippen LogP contribution in [0.1, 0.15) is 79.1 Å². The third-order valence-corrected chi connectivity index (χ3v) is 7.73. The highest BCUT2D eigenvalue weighted by Crippen LogP contribution is 2.37. The first-order valence-electron chi connectivity index (χ1n) is 11.3. The smallest absolute Gasteiger partial charge is 0.233 e. The van der Waals surface area contributed by atoms with Crippen molar-refractivity contribution in [3.05, 3.63) is 0 Å². The maximum Gasteiger partial charge on any atom is 0.233 e. The van der Waals surface area contributed by atoms with Crippen LogP contribution in [-0.4, -0.2) is 47.2 Å². The van der Waals surface area contributed by atoms with Crippen molar-refractivity contribution in [3.8, 4) is 0 Å². The SMILES string of the molecule is CSC(C)CCCCNC(=O)C1CCC(CN2C(=O)CC(C(C)(C)C)C2=O)CC1. The Hall–Kier alpha value is -1.04. The van der Waals surface area contributed by atoms with Crippen molar-refractivity contribution in [1.29, 1.82) is 0 Å². The molecule has 0 radical (unpaired) electrons. The first-order valence-corrected chi connectivity index (χ1v) is 12.6. The number of imide groups is 1. The first kappa shape index (κ1) is 24.2. The Bertz CT molecular complexity index is 579. The van der Waals surface area contributed by atoms with Gasteiger partial charge in [0.1, 0.15) is 0 Å². The predicted octanol–water partition coefficient (Wildman–Crippen LogP) is 4.25. The lowest BCUT2D eigenvalue weighted by atomic mass is 9.79. The van der Waals surface area contributed by atoms with Gasteiger partial charge in [-0.1, -0.05) is 34.1 Å². The molecular formula is C23H40N2O3S. The van der Waals surface area contributed by atoms with Crippen LogP contribution in [0.5, 0.6) is 0 Å². The number of nitrogens with one attached hydrogen (secondary N) is 1. The molecule has 1 aliphatic carbocycles. The van der Waals surface area contributed by atoms with E-state index in [9.17, 15) is 14.4 Å². The molecule has 0 aromatic carbocycles. The van der Waals surface area contributed by atoms with Gasteiger partial charge in [-0.25, -0.2) is 0 Å². The first-order chi connectivity index (χ1) is 13.6. The molecule has 1 saturated carbocycles. The predicted molar refractivity (Wildman–Crippen MR) is 120 cm³/mol. The minimum absolute atomic E-state index is 0.00171. The van der Waals surface area contributed by atoms with Crippen molar-refractivity contribution < 1.29 is 14.4 Å². The standard InChI is InChI=1S/C23H40N2O3S/c1-16(29-5)8-6-7-13-24-21(27)18-11-9-17(10-12-18)15-25-20(26)14-19(22(25)28)23(2,3)4/h16-19H,6-15H2,1-5H3,(H,24,27). The Labute approximate surface area is 181 Å². The highest BCUT2D eigenvalue weighted by molar-refractivity contribution is 7.99. The van der Waals surface area contributed by atoms with Gasteiger partial charge in [0, 0.05) is 30.7 Å². The van der Waals surface area contributed by atoms with Crippen molar-refractivity contribution in [2.45, 2.75) is 84.3 Å². The number of carbonyl (C=O) groups is 3. The van der Waals surface area contributed by atoms with E-state index in [4.69, 9.17) is 0 Å². The second-order valence-corrected chi connectivity index (χ2v) is 11.3. The summed E-state index contributed by atoms with van der Waals surface area (Å²) in [5.74, 6) is 0.379. The van der Waals surface area contributed by atoms with E-state index in [0.717, 1.165) is 45.1 Å². The molecule has 29 heavy (non-hydrogen) atoms. The van der Waals surface area contributed by atoms with Crippen LogP contribution in [0, 0.1) is 23.2 Å². The number of thioether (sulfide) groups is 1. The Balaban J connectivity index is 1.69. The van der Waals surface area contributed by atoms with Gasteiger partial charge in [0.15, 0.2) is 0 Å². The summed E-state index contributed by atoms with van der Waals surface area (Å²) < 4.78 is 0. The fourth-order valence-corrected chi connectivity index (χ4v) is 4.85. The lowest BCUT2D eigenvalue weighted by Gasteiger charge is -2.31. The monoisotopic (exact) mass is 424 g/mol. The molecule has 2 unspecified atom stereocenters. The highest BCUT2D eigenvalue weighted by Gasteiger charge is 2.45. The van der Waals surface area contributed by atoms with Gasteiger partial charge in [-0.3, -0.25) is 19.3 Å². The third-order valence-electron chi connectivity index (χ3n) is 6.69. The number of amides is 3. The van der Waals surface area contributed by atoms with Crippen LogP contribution in [0.2, 0.25) is 0 Å². The van der Waals surface area contributed by atoms with Gasteiger partial charge in [0.25, 0.3) is 0 Å². The van der Waals surface area contributed by atoms with Crippen LogP contribution in [0.4, 0.5) is 0 Å². The zero-order valence-corrected chi connectivity index (χ0v) is 19.8. The van der Waals surface area contributed by atoms with Crippen LogP contribution < -0.4 is 5.32 Å². The van der Waals surface area contributed by atoms with Crippen molar-refractivity contribution >= 4 is 29.5 Å². The third kappa shape index (κ3) is 7.01. The molecule has 5 nitrogen and oxygen atoms in total. The van der Waals surface area contributed by atoms with Crippen LogP contribution in [0.15, 0.2) is 0 Å². The zero-order chi connectivity index (χ0) is 21.6. The van der Waals surface area contributed by atoms with E-state index in [0.29, 0.717) is 24.1 Å². The molecule has 166 valence electrons. The Kier molecular flexibility index (Phi) is 9.05. The van der Waals surface area contributed by atoms with E-state index in [1.165, 1.54) is 11.3 Å². The number of rotatable bonds is 9. The number of hydrogen-bond acceptors (Lipinski definition) is 4. The van der Waals surface area contributed by atoms with Gasteiger partial charge in [-0.05, 0) is 56.1 Å². The maximum absolute atomic E-state index is 12.7. The van der Waals surface area contributed by atoms with Crippen molar-refractivity contribution in [2.24, 2.45) is 23.2 Å². The summed E-state index contributed by atoms with van der Waals surface area (Å²) in [5.41, 5.74) is -0.176. The van der Waals surface area contributed by atoms with Crippen LogP contribution in [0.25, 0.3) is 0 Å². The Morgan fingerprint density at radius 3 is 2.38 bits per heavy atom. The second kappa shape index (κ2) is 10.8. The molecule has 3 amide bonds. The molecule has 1 aliphatic heterocycles. The van der Waals surface area contributed by atoms with Crippen molar-refractivity contribution in [2.75, 3.05) is 19.3 Å². The summed E-state index contributed by atoms with van der Waals surface area (Å²) in [4.78, 5) is 39.0. The van der Waals surface area contributed by atoms with Gasteiger partial charge in [-0.15, -0.1) is 0 Å². The fourth-order valence-electron chi connectivity index (χ4n) is 4.45. The second-order valence-electron chi connectivity index (χ2n) is 10.0. The maximum atomic E-state index is 12.7. The zero-order valence-electron chi connectivity index (χ0n) is 19.0. The molecule has 0 aromatic rings. The van der Waals surface area contributed by atoms with Crippen molar-refractivity contribution in [1.82, 2.24) is 10.2 Å². The normalized spacial score (nSPS) is 26.7. The topological polar surface area (TPSA) is 66.5 Å². The van der Waals surface area contributed by atoms with Crippen LogP contribution in [-0.2, 0) is 14.4 Å². The van der Waals surface area contributed by atoms with E-state index in [2.05, 4.69) is 18.5 Å². The van der Waals surface area contributed by atoms with E-state index >= 15 is 0 Å².